The minimum Gasteiger partial charge on any atom is -0.296 e. The average molecular weight is 234 g/mol. The maximum absolute atomic E-state index is 9.64. The Hall–Kier alpha value is -0.550. The van der Waals surface area contributed by atoms with Gasteiger partial charge in [-0.25, -0.2) is 0 Å². The van der Waals surface area contributed by atoms with E-state index < -0.39 is 0 Å². The lowest BCUT2D eigenvalue weighted by Crippen LogP contribution is -2.52. The van der Waals surface area contributed by atoms with Gasteiger partial charge in [-0.1, -0.05) is 40.0 Å². The Bertz CT molecular complexity index is 309. The molecule has 0 amide bonds. The maximum atomic E-state index is 9.64. The lowest BCUT2D eigenvalue weighted by atomic mass is 9.85. The molecule has 0 bridgehead atoms. The molecule has 0 saturated heterocycles. The highest BCUT2D eigenvalue weighted by Gasteiger charge is 2.49. The van der Waals surface area contributed by atoms with E-state index in [0.717, 1.165) is 6.42 Å². The van der Waals surface area contributed by atoms with Gasteiger partial charge in [0.1, 0.15) is 5.54 Å². The van der Waals surface area contributed by atoms with Gasteiger partial charge in [-0.3, -0.25) is 5.32 Å². The molecule has 0 aromatic rings. The third-order valence-electron chi connectivity index (χ3n) is 4.72. The first-order valence-electron chi connectivity index (χ1n) is 7.16. The number of hydrogen-bond acceptors (Lipinski definition) is 2. The molecule has 2 unspecified atom stereocenters. The van der Waals surface area contributed by atoms with Crippen LogP contribution in [0.1, 0.15) is 65.7 Å². The van der Waals surface area contributed by atoms with Crippen molar-refractivity contribution >= 4 is 0 Å². The van der Waals surface area contributed by atoms with Crippen molar-refractivity contribution in [3.63, 3.8) is 0 Å². The van der Waals surface area contributed by atoms with Crippen LogP contribution >= 0.6 is 0 Å². The molecule has 2 aliphatic carbocycles. The molecule has 2 heteroatoms. The predicted octanol–water partition coefficient (Wildman–Crippen LogP) is 3.63. The monoisotopic (exact) mass is 234 g/mol. The van der Waals surface area contributed by atoms with Crippen LogP contribution in [-0.2, 0) is 0 Å². The molecule has 2 aliphatic rings. The average Bonchev–Trinajstić information content (AvgIpc) is 2.50. The van der Waals surface area contributed by atoms with Crippen LogP contribution in [-0.4, -0.2) is 11.6 Å². The molecule has 2 rings (SSSR count). The Morgan fingerprint density at radius 3 is 2.29 bits per heavy atom. The smallest absolute Gasteiger partial charge is 0.110 e. The van der Waals surface area contributed by atoms with Gasteiger partial charge in [0.25, 0.3) is 0 Å². The fraction of sp³-hybridized carbons (Fsp3) is 0.933. The molecule has 0 aromatic carbocycles. The summed E-state index contributed by atoms with van der Waals surface area (Å²) in [6.07, 6.45) is 8.73. The largest absolute Gasteiger partial charge is 0.296 e. The molecule has 17 heavy (non-hydrogen) atoms. The summed E-state index contributed by atoms with van der Waals surface area (Å²) in [5, 5.41) is 13.4. The van der Waals surface area contributed by atoms with E-state index in [1.807, 2.05) is 0 Å². The van der Waals surface area contributed by atoms with Crippen molar-refractivity contribution in [2.45, 2.75) is 77.3 Å². The molecule has 0 aromatic heterocycles. The van der Waals surface area contributed by atoms with E-state index in [1.54, 1.807) is 0 Å². The van der Waals surface area contributed by atoms with Crippen molar-refractivity contribution in [2.24, 2.45) is 11.3 Å². The summed E-state index contributed by atoms with van der Waals surface area (Å²) in [7, 11) is 0. The Labute approximate surface area is 106 Å². The first-order chi connectivity index (χ1) is 7.97. The molecule has 0 heterocycles. The van der Waals surface area contributed by atoms with E-state index in [9.17, 15) is 5.26 Å². The zero-order chi connectivity index (χ0) is 12.5. The molecule has 2 nitrogen and oxygen atoms in total. The second-order valence-electron chi connectivity index (χ2n) is 7.01. The number of nitrogens with one attached hydrogen (secondary N) is 1. The van der Waals surface area contributed by atoms with Crippen molar-refractivity contribution in [3.8, 4) is 6.07 Å². The summed E-state index contributed by atoms with van der Waals surface area (Å²) < 4.78 is 0. The van der Waals surface area contributed by atoms with Crippen LogP contribution in [0.15, 0.2) is 0 Å². The van der Waals surface area contributed by atoms with Gasteiger partial charge >= 0.3 is 0 Å². The van der Waals surface area contributed by atoms with Crippen LogP contribution in [0.5, 0.6) is 0 Å². The first kappa shape index (κ1) is 12.9. The molecule has 1 N–H and O–H groups in total. The third kappa shape index (κ3) is 2.65. The highest BCUT2D eigenvalue weighted by molar-refractivity contribution is 5.17. The standard InChI is InChI=1S/C15H26N2/c1-12-9-14(2,3)10-15(12,11-16)17-13-7-5-4-6-8-13/h12-13,17H,4-10H2,1-3H3. The summed E-state index contributed by atoms with van der Waals surface area (Å²) in [6.45, 7) is 6.84. The summed E-state index contributed by atoms with van der Waals surface area (Å²) in [6, 6.07) is 3.20. The molecule has 0 radical (unpaired) electrons. The van der Waals surface area contributed by atoms with Crippen molar-refractivity contribution < 1.29 is 0 Å². The van der Waals surface area contributed by atoms with E-state index in [0.29, 0.717) is 17.4 Å². The van der Waals surface area contributed by atoms with Crippen molar-refractivity contribution in [1.82, 2.24) is 5.32 Å². The second-order valence-corrected chi connectivity index (χ2v) is 7.01. The molecule has 2 saturated carbocycles. The van der Waals surface area contributed by atoms with Gasteiger partial charge in [0.15, 0.2) is 0 Å². The number of nitriles is 1. The van der Waals surface area contributed by atoms with E-state index in [1.165, 1.54) is 38.5 Å². The highest BCUT2D eigenvalue weighted by Crippen LogP contribution is 2.47. The number of nitrogens with zero attached hydrogens (tertiary/aromatic N) is 1. The van der Waals surface area contributed by atoms with Crippen LogP contribution in [0, 0.1) is 22.7 Å². The zero-order valence-electron chi connectivity index (χ0n) is 11.6. The van der Waals surface area contributed by atoms with Gasteiger partial charge < -0.3 is 0 Å². The zero-order valence-corrected chi connectivity index (χ0v) is 11.6. The van der Waals surface area contributed by atoms with Gasteiger partial charge in [0.2, 0.25) is 0 Å². The SMILES string of the molecule is CC1CC(C)(C)CC1(C#N)NC1CCCCC1. The minimum absolute atomic E-state index is 0.258. The van der Waals surface area contributed by atoms with Crippen LogP contribution in [0.2, 0.25) is 0 Å². The Balaban J connectivity index is 2.07. The van der Waals surface area contributed by atoms with Crippen molar-refractivity contribution in [3.05, 3.63) is 0 Å². The quantitative estimate of drug-likeness (QED) is 0.792. The van der Waals surface area contributed by atoms with Crippen LogP contribution in [0.4, 0.5) is 0 Å². The van der Waals surface area contributed by atoms with Crippen molar-refractivity contribution in [1.29, 1.82) is 5.26 Å². The van der Waals surface area contributed by atoms with E-state index in [-0.39, 0.29) is 5.54 Å². The number of rotatable bonds is 2. The lowest BCUT2D eigenvalue weighted by Gasteiger charge is -2.35. The molecule has 2 atom stereocenters. The minimum atomic E-state index is -0.258. The summed E-state index contributed by atoms with van der Waals surface area (Å²) in [5.74, 6) is 0.476. The first-order valence-corrected chi connectivity index (χ1v) is 7.16. The lowest BCUT2D eigenvalue weighted by molar-refractivity contribution is 0.250. The molecule has 2 fully saturated rings. The maximum Gasteiger partial charge on any atom is 0.110 e. The Kier molecular flexibility index (Phi) is 3.50. The summed E-state index contributed by atoms with van der Waals surface area (Å²) in [5.41, 5.74) is 0.0579. The summed E-state index contributed by atoms with van der Waals surface area (Å²) >= 11 is 0. The molecular weight excluding hydrogens is 208 g/mol. The third-order valence-corrected chi connectivity index (χ3v) is 4.72. The van der Waals surface area contributed by atoms with Gasteiger partial charge in [-0.05, 0) is 37.0 Å². The Morgan fingerprint density at radius 1 is 1.18 bits per heavy atom. The van der Waals surface area contributed by atoms with Crippen LogP contribution in [0.3, 0.4) is 0 Å². The normalized spacial score (nSPS) is 37.9. The van der Waals surface area contributed by atoms with E-state index >= 15 is 0 Å². The summed E-state index contributed by atoms with van der Waals surface area (Å²) in [4.78, 5) is 0. The Morgan fingerprint density at radius 2 is 1.82 bits per heavy atom. The molecular formula is C15H26N2. The highest BCUT2D eigenvalue weighted by atomic mass is 15.0. The number of hydrogen-bond donors (Lipinski definition) is 1. The van der Waals surface area contributed by atoms with Crippen LogP contribution in [0.25, 0.3) is 0 Å². The molecule has 0 spiro atoms. The fourth-order valence-corrected chi connectivity index (χ4v) is 3.99. The van der Waals surface area contributed by atoms with Gasteiger partial charge in [0, 0.05) is 6.04 Å². The molecule has 96 valence electrons. The van der Waals surface area contributed by atoms with Gasteiger partial charge in [-0.15, -0.1) is 0 Å². The topological polar surface area (TPSA) is 35.8 Å². The van der Waals surface area contributed by atoms with Crippen LogP contribution < -0.4 is 5.32 Å². The molecule has 0 aliphatic heterocycles. The van der Waals surface area contributed by atoms with E-state index in [4.69, 9.17) is 0 Å². The van der Waals surface area contributed by atoms with Gasteiger partial charge in [0.05, 0.1) is 6.07 Å². The van der Waals surface area contributed by atoms with E-state index in [2.05, 4.69) is 32.2 Å². The fourth-order valence-electron chi connectivity index (χ4n) is 3.99. The van der Waals surface area contributed by atoms with Crippen molar-refractivity contribution in [2.75, 3.05) is 0 Å². The second kappa shape index (κ2) is 4.61. The predicted molar refractivity (Wildman–Crippen MR) is 70.5 cm³/mol. The van der Waals surface area contributed by atoms with Gasteiger partial charge in [-0.2, -0.15) is 5.26 Å².